The van der Waals surface area contributed by atoms with Gasteiger partial charge < -0.3 is 19.6 Å². The number of imidazole rings is 1. The third-order valence-electron chi connectivity index (χ3n) is 5.64. The highest BCUT2D eigenvalue weighted by atomic mass is 16.4. The van der Waals surface area contributed by atoms with E-state index in [9.17, 15) is 9.59 Å². The molecule has 29 heavy (non-hydrogen) atoms. The average Bonchev–Trinajstić information content (AvgIpc) is 3.03. The van der Waals surface area contributed by atoms with Crippen molar-refractivity contribution in [2.75, 3.05) is 18.4 Å². The Labute approximate surface area is 169 Å². The predicted molar refractivity (Wildman–Crippen MR) is 113 cm³/mol. The van der Waals surface area contributed by atoms with Gasteiger partial charge in [-0.15, -0.1) is 0 Å². The van der Waals surface area contributed by atoms with E-state index >= 15 is 0 Å². The normalized spacial score (nSPS) is 16.9. The van der Waals surface area contributed by atoms with Crippen molar-refractivity contribution < 1.29 is 9.21 Å². The Morgan fingerprint density at radius 1 is 1.38 bits per heavy atom. The lowest BCUT2D eigenvalue weighted by Gasteiger charge is -2.22. The number of benzene rings is 1. The van der Waals surface area contributed by atoms with Crippen LogP contribution in [0.5, 0.6) is 0 Å². The fourth-order valence-corrected chi connectivity index (χ4v) is 4.04. The molecule has 1 aliphatic rings. The summed E-state index contributed by atoms with van der Waals surface area (Å²) in [5.74, 6) is 1.34. The molecule has 1 unspecified atom stereocenters. The van der Waals surface area contributed by atoms with E-state index in [1.54, 1.807) is 6.92 Å². The van der Waals surface area contributed by atoms with Gasteiger partial charge in [0.05, 0.1) is 11.0 Å². The van der Waals surface area contributed by atoms with Crippen molar-refractivity contribution in [3.63, 3.8) is 0 Å². The van der Waals surface area contributed by atoms with Crippen LogP contribution >= 0.6 is 0 Å². The first-order valence-corrected chi connectivity index (χ1v) is 10.1. The standard InChI is InChI=1S/C22H26N4O3/c1-4-19-25-16-11-15(7-8-17(16)26(19)3)24-21(27)20-13(2)10-18(29-22(20)28)14-6-5-9-23-12-14/h7-8,10-11,14,23H,4-6,9,12H2,1-3H3,(H,24,27). The van der Waals surface area contributed by atoms with Gasteiger partial charge in [0.15, 0.2) is 0 Å². The molecule has 0 bridgehead atoms. The van der Waals surface area contributed by atoms with Gasteiger partial charge in [0.1, 0.15) is 17.1 Å². The number of carbonyl (C=O) groups is 1. The topological polar surface area (TPSA) is 89.2 Å². The lowest BCUT2D eigenvalue weighted by molar-refractivity contribution is 0.102. The highest BCUT2D eigenvalue weighted by Gasteiger charge is 2.22. The Morgan fingerprint density at radius 2 is 2.21 bits per heavy atom. The summed E-state index contributed by atoms with van der Waals surface area (Å²) >= 11 is 0. The fraction of sp³-hybridized carbons (Fsp3) is 0.409. The third-order valence-corrected chi connectivity index (χ3v) is 5.64. The number of nitrogens with zero attached hydrogens (tertiary/aromatic N) is 2. The maximum atomic E-state index is 12.8. The van der Waals surface area contributed by atoms with E-state index in [0.29, 0.717) is 17.0 Å². The first-order chi connectivity index (χ1) is 14.0. The number of carbonyl (C=O) groups excluding carboxylic acids is 1. The number of anilines is 1. The molecule has 4 rings (SSSR count). The molecule has 0 radical (unpaired) electrons. The molecule has 1 fully saturated rings. The first kappa shape index (κ1) is 19.4. The van der Waals surface area contributed by atoms with Crippen LogP contribution in [0.25, 0.3) is 11.0 Å². The fourth-order valence-electron chi connectivity index (χ4n) is 4.04. The van der Waals surface area contributed by atoms with Crippen molar-refractivity contribution >= 4 is 22.6 Å². The van der Waals surface area contributed by atoms with Crippen molar-refractivity contribution in [1.29, 1.82) is 0 Å². The van der Waals surface area contributed by atoms with E-state index < -0.39 is 11.5 Å². The number of amides is 1. The molecule has 3 aromatic rings. The Bertz CT molecular complexity index is 1120. The molecular formula is C22H26N4O3. The predicted octanol–water partition coefficient (Wildman–Crippen LogP) is 3.12. The number of rotatable bonds is 4. The Kier molecular flexibility index (Phi) is 5.24. The van der Waals surface area contributed by atoms with Crippen molar-refractivity contribution in [1.82, 2.24) is 14.9 Å². The zero-order valence-corrected chi connectivity index (χ0v) is 17.0. The lowest BCUT2D eigenvalue weighted by Crippen LogP contribution is -2.30. The summed E-state index contributed by atoms with van der Waals surface area (Å²) in [7, 11) is 1.98. The lowest BCUT2D eigenvalue weighted by atomic mass is 9.95. The highest BCUT2D eigenvalue weighted by molar-refractivity contribution is 6.05. The van der Waals surface area contributed by atoms with E-state index in [1.165, 1.54) is 0 Å². The number of fused-ring (bicyclic) bond motifs is 1. The maximum Gasteiger partial charge on any atom is 0.349 e. The number of hydrogen-bond donors (Lipinski definition) is 2. The van der Waals surface area contributed by atoms with Crippen LogP contribution < -0.4 is 16.3 Å². The number of nitrogens with one attached hydrogen (secondary N) is 2. The van der Waals surface area contributed by atoms with Crippen molar-refractivity contribution in [2.45, 2.75) is 39.0 Å². The van der Waals surface area contributed by atoms with Crippen LogP contribution in [0.3, 0.4) is 0 Å². The van der Waals surface area contributed by atoms with Crippen molar-refractivity contribution in [3.8, 4) is 0 Å². The van der Waals surface area contributed by atoms with Crippen LogP contribution in [-0.2, 0) is 13.5 Å². The summed E-state index contributed by atoms with van der Waals surface area (Å²) < 4.78 is 7.56. The second kappa shape index (κ2) is 7.83. The van der Waals surface area contributed by atoms with Crippen LogP contribution in [0.2, 0.25) is 0 Å². The molecule has 7 nitrogen and oxygen atoms in total. The van der Waals surface area contributed by atoms with Crippen LogP contribution in [0.1, 0.15) is 53.2 Å². The van der Waals surface area contributed by atoms with Gasteiger partial charge in [-0.1, -0.05) is 6.92 Å². The van der Waals surface area contributed by atoms with Crippen LogP contribution in [-0.4, -0.2) is 28.5 Å². The molecule has 1 aliphatic heterocycles. The second-order valence-electron chi connectivity index (χ2n) is 7.64. The van der Waals surface area contributed by atoms with E-state index in [4.69, 9.17) is 4.42 Å². The molecule has 3 heterocycles. The third kappa shape index (κ3) is 3.70. The van der Waals surface area contributed by atoms with Crippen LogP contribution in [0.4, 0.5) is 5.69 Å². The van der Waals surface area contributed by atoms with Gasteiger partial charge >= 0.3 is 5.63 Å². The summed E-state index contributed by atoms with van der Waals surface area (Å²) in [5.41, 5.74) is 2.50. The molecule has 1 atom stereocenters. The van der Waals surface area contributed by atoms with Gasteiger partial charge in [-0.2, -0.15) is 0 Å². The zero-order chi connectivity index (χ0) is 20.5. The Morgan fingerprint density at radius 3 is 2.90 bits per heavy atom. The SMILES string of the molecule is CCc1nc2cc(NC(=O)c3c(C)cc(C4CCCNC4)oc3=O)ccc2n1C. The molecular weight excluding hydrogens is 368 g/mol. The van der Waals surface area contributed by atoms with Crippen molar-refractivity contribution in [3.05, 3.63) is 57.4 Å². The number of aromatic nitrogens is 2. The van der Waals surface area contributed by atoms with E-state index in [2.05, 4.69) is 22.5 Å². The summed E-state index contributed by atoms with van der Waals surface area (Å²) in [4.78, 5) is 30.0. The van der Waals surface area contributed by atoms with Gasteiger partial charge in [-0.3, -0.25) is 4.79 Å². The minimum Gasteiger partial charge on any atom is -0.427 e. The molecule has 0 spiro atoms. The van der Waals surface area contributed by atoms with Crippen LogP contribution in [0.15, 0.2) is 33.5 Å². The minimum absolute atomic E-state index is 0.0490. The number of piperidine rings is 1. The Balaban J connectivity index is 1.59. The van der Waals surface area contributed by atoms with Crippen molar-refractivity contribution in [2.24, 2.45) is 7.05 Å². The molecule has 2 N–H and O–H groups in total. The minimum atomic E-state index is -0.588. The number of hydrogen-bond acceptors (Lipinski definition) is 5. The summed E-state index contributed by atoms with van der Waals surface area (Å²) in [6.45, 7) is 5.61. The largest absolute Gasteiger partial charge is 0.427 e. The van der Waals surface area contributed by atoms with Gasteiger partial charge in [-0.25, -0.2) is 9.78 Å². The Hall–Kier alpha value is -2.93. The average molecular weight is 394 g/mol. The summed E-state index contributed by atoms with van der Waals surface area (Å²) in [6, 6.07) is 7.39. The van der Waals surface area contributed by atoms with Gasteiger partial charge in [0.25, 0.3) is 5.91 Å². The van der Waals surface area contributed by atoms with Gasteiger partial charge in [-0.05, 0) is 56.1 Å². The molecule has 152 valence electrons. The van der Waals surface area contributed by atoms with Crippen LogP contribution in [0, 0.1) is 6.92 Å². The first-order valence-electron chi connectivity index (χ1n) is 10.1. The number of aryl methyl sites for hydroxylation is 3. The van der Waals surface area contributed by atoms with E-state index in [-0.39, 0.29) is 11.5 Å². The van der Waals surface area contributed by atoms with E-state index in [1.807, 2.05) is 35.9 Å². The zero-order valence-electron chi connectivity index (χ0n) is 17.0. The molecule has 1 saturated heterocycles. The molecule has 0 aliphatic carbocycles. The summed E-state index contributed by atoms with van der Waals surface area (Å²) in [6.07, 6.45) is 2.85. The smallest absolute Gasteiger partial charge is 0.349 e. The molecule has 1 amide bonds. The molecule has 2 aromatic heterocycles. The second-order valence-corrected chi connectivity index (χ2v) is 7.64. The maximum absolute atomic E-state index is 12.8. The quantitative estimate of drug-likeness (QED) is 0.710. The summed E-state index contributed by atoms with van der Waals surface area (Å²) in [5, 5.41) is 6.13. The molecule has 1 aromatic carbocycles. The molecule has 7 heteroatoms. The van der Waals surface area contributed by atoms with Gasteiger partial charge in [0.2, 0.25) is 0 Å². The van der Waals surface area contributed by atoms with E-state index in [0.717, 1.165) is 49.2 Å². The monoisotopic (exact) mass is 394 g/mol. The van der Waals surface area contributed by atoms with Gasteiger partial charge in [0, 0.05) is 31.6 Å². The molecule has 0 saturated carbocycles. The highest BCUT2D eigenvalue weighted by Crippen LogP contribution is 2.24.